The Balaban J connectivity index is 0.00000361. The summed E-state index contributed by atoms with van der Waals surface area (Å²) in [5.74, 6) is -0.156. The molecule has 20 heavy (non-hydrogen) atoms. The first kappa shape index (κ1) is 18.2. The summed E-state index contributed by atoms with van der Waals surface area (Å²) in [6, 6.07) is 6.32. The number of likely N-dealkylation sites (N-methyl/N-ethyl adjacent to an activating group) is 1. The van der Waals surface area contributed by atoms with Gasteiger partial charge in [0.1, 0.15) is 5.75 Å². The van der Waals surface area contributed by atoms with Crippen LogP contribution >= 0.6 is 12.4 Å². The second-order valence-electron chi connectivity index (χ2n) is 3.88. The molecule has 112 valence electrons. The summed E-state index contributed by atoms with van der Waals surface area (Å²) < 4.78 is 5.27. The van der Waals surface area contributed by atoms with Gasteiger partial charge in [0.25, 0.3) is 5.91 Å². The fraction of sp³-hybridized carbons (Fsp3) is 0.385. The average Bonchev–Trinajstić information content (AvgIpc) is 2.42. The van der Waals surface area contributed by atoms with E-state index < -0.39 is 5.91 Å². The molecule has 2 amide bonds. The smallest absolute Gasteiger partial charge is 0.257 e. The standard InChI is InChI=1S/C13H19N3O3.ClH/c1-2-15-7-8-16-12(17)9-19-11-5-3-10(4-6-11)13(14)18;/h3-6,15H,2,7-9H2,1H3,(H2,14,18)(H,16,17);1H. The highest BCUT2D eigenvalue weighted by Gasteiger charge is 2.03. The first-order chi connectivity index (χ1) is 9.13. The quantitative estimate of drug-likeness (QED) is 0.603. The first-order valence-corrected chi connectivity index (χ1v) is 6.13. The molecule has 6 nitrogen and oxygen atoms in total. The number of carbonyl (C=O) groups is 2. The molecule has 0 saturated carbocycles. The van der Waals surface area contributed by atoms with Gasteiger partial charge < -0.3 is 21.1 Å². The Morgan fingerprint density at radius 3 is 2.40 bits per heavy atom. The van der Waals surface area contributed by atoms with Gasteiger partial charge in [0.15, 0.2) is 6.61 Å². The van der Waals surface area contributed by atoms with Crippen LogP contribution in [0.1, 0.15) is 17.3 Å². The van der Waals surface area contributed by atoms with Crippen molar-refractivity contribution in [2.75, 3.05) is 26.2 Å². The van der Waals surface area contributed by atoms with Crippen LogP contribution in [0.5, 0.6) is 5.75 Å². The van der Waals surface area contributed by atoms with E-state index in [0.29, 0.717) is 17.9 Å². The maximum atomic E-state index is 11.4. The summed E-state index contributed by atoms with van der Waals surface area (Å²) in [7, 11) is 0. The Morgan fingerprint density at radius 2 is 1.85 bits per heavy atom. The summed E-state index contributed by atoms with van der Waals surface area (Å²) >= 11 is 0. The zero-order chi connectivity index (χ0) is 14.1. The third-order valence-corrected chi connectivity index (χ3v) is 2.38. The molecule has 1 aromatic carbocycles. The van der Waals surface area contributed by atoms with Crippen molar-refractivity contribution in [2.45, 2.75) is 6.92 Å². The number of nitrogens with one attached hydrogen (secondary N) is 2. The lowest BCUT2D eigenvalue weighted by Crippen LogP contribution is -2.34. The predicted molar refractivity (Wildman–Crippen MR) is 79.3 cm³/mol. The minimum atomic E-state index is -0.493. The van der Waals surface area contributed by atoms with Crippen molar-refractivity contribution in [2.24, 2.45) is 5.73 Å². The molecule has 0 bridgehead atoms. The van der Waals surface area contributed by atoms with E-state index in [1.165, 1.54) is 0 Å². The molecule has 0 heterocycles. The highest BCUT2D eigenvalue weighted by atomic mass is 35.5. The monoisotopic (exact) mass is 301 g/mol. The van der Waals surface area contributed by atoms with Crippen LogP contribution in [0.25, 0.3) is 0 Å². The zero-order valence-electron chi connectivity index (χ0n) is 11.3. The average molecular weight is 302 g/mol. The molecule has 0 fully saturated rings. The van der Waals surface area contributed by atoms with Crippen molar-refractivity contribution in [1.29, 1.82) is 0 Å². The molecule has 0 radical (unpaired) electrons. The Hall–Kier alpha value is -1.79. The van der Waals surface area contributed by atoms with Crippen LogP contribution in [-0.2, 0) is 4.79 Å². The minimum Gasteiger partial charge on any atom is -0.484 e. The van der Waals surface area contributed by atoms with Gasteiger partial charge >= 0.3 is 0 Å². The molecule has 0 atom stereocenters. The molecular weight excluding hydrogens is 282 g/mol. The number of primary amides is 1. The number of benzene rings is 1. The van der Waals surface area contributed by atoms with Crippen molar-refractivity contribution in [3.63, 3.8) is 0 Å². The Kier molecular flexibility index (Phi) is 9.15. The molecule has 4 N–H and O–H groups in total. The molecule has 0 aliphatic heterocycles. The maximum Gasteiger partial charge on any atom is 0.257 e. The second-order valence-corrected chi connectivity index (χ2v) is 3.88. The lowest BCUT2D eigenvalue weighted by Gasteiger charge is -2.08. The highest BCUT2D eigenvalue weighted by Crippen LogP contribution is 2.11. The Labute approximate surface area is 124 Å². The van der Waals surface area contributed by atoms with E-state index in [-0.39, 0.29) is 24.9 Å². The van der Waals surface area contributed by atoms with Gasteiger partial charge in [-0.25, -0.2) is 0 Å². The Morgan fingerprint density at radius 1 is 1.20 bits per heavy atom. The van der Waals surface area contributed by atoms with Gasteiger partial charge in [0.2, 0.25) is 5.91 Å². The van der Waals surface area contributed by atoms with Crippen LogP contribution in [0, 0.1) is 0 Å². The number of nitrogens with two attached hydrogens (primary N) is 1. The number of hydrogen-bond donors (Lipinski definition) is 3. The molecule has 0 aromatic heterocycles. The summed E-state index contributed by atoms with van der Waals surface area (Å²) in [5.41, 5.74) is 5.52. The number of ether oxygens (including phenoxy) is 1. The van der Waals surface area contributed by atoms with Crippen LogP contribution in [0.15, 0.2) is 24.3 Å². The van der Waals surface area contributed by atoms with E-state index >= 15 is 0 Å². The topological polar surface area (TPSA) is 93.4 Å². The van der Waals surface area contributed by atoms with Gasteiger partial charge in [-0.1, -0.05) is 6.92 Å². The van der Waals surface area contributed by atoms with E-state index in [1.807, 2.05) is 6.92 Å². The van der Waals surface area contributed by atoms with Gasteiger partial charge in [-0.2, -0.15) is 0 Å². The van der Waals surface area contributed by atoms with Gasteiger partial charge in [-0.3, -0.25) is 9.59 Å². The van der Waals surface area contributed by atoms with Crippen molar-refractivity contribution >= 4 is 24.2 Å². The predicted octanol–water partition coefficient (Wildman–Crippen LogP) is 0.312. The number of amides is 2. The van der Waals surface area contributed by atoms with E-state index in [9.17, 15) is 9.59 Å². The van der Waals surface area contributed by atoms with Gasteiger partial charge in [0, 0.05) is 18.7 Å². The Bertz CT molecular complexity index is 423. The van der Waals surface area contributed by atoms with Crippen molar-refractivity contribution in [3.8, 4) is 5.75 Å². The normalized spacial score (nSPS) is 9.45. The molecule has 0 saturated heterocycles. The molecule has 0 spiro atoms. The summed E-state index contributed by atoms with van der Waals surface area (Å²) in [4.78, 5) is 22.3. The largest absolute Gasteiger partial charge is 0.484 e. The summed E-state index contributed by atoms with van der Waals surface area (Å²) in [6.45, 7) is 4.12. The molecule has 0 aliphatic carbocycles. The van der Waals surface area contributed by atoms with Crippen molar-refractivity contribution in [3.05, 3.63) is 29.8 Å². The number of carbonyl (C=O) groups excluding carboxylic acids is 2. The van der Waals surface area contributed by atoms with E-state index in [0.717, 1.165) is 13.1 Å². The van der Waals surface area contributed by atoms with Crippen LogP contribution in [-0.4, -0.2) is 38.1 Å². The maximum absolute atomic E-state index is 11.4. The fourth-order valence-corrected chi connectivity index (χ4v) is 1.38. The second kappa shape index (κ2) is 10.1. The molecule has 7 heteroatoms. The SMILES string of the molecule is CCNCCNC(=O)COc1ccc(C(N)=O)cc1.Cl. The lowest BCUT2D eigenvalue weighted by molar-refractivity contribution is -0.123. The molecule has 1 rings (SSSR count). The van der Waals surface area contributed by atoms with Crippen LogP contribution in [0.2, 0.25) is 0 Å². The van der Waals surface area contributed by atoms with Crippen LogP contribution < -0.4 is 21.1 Å². The zero-order valence-corrected chi connectivity index (χ0v) is 12.2. The first-order valence-electron chi connectivity index (χ1n) is 6.13. The van der Waals surface area contributed by atoms with Gasteiger partial charge in [0.05, 0.1) is 0 Å². The van der Waals surface area contributed by atoms with Gasteiger partial charge in [-0.15, -0.1) is 12.4 Å². The summed E-state index contributed by atoms with van der Waals surface area (Å²) in [6.07, 6.45) is 0. The van der Waals surface area contributed by atoms with Crippen LogP contribution in [0.4, 0.5) is 0 Å². The fourth-order valence-electron chi connectivity index (χ4n) is 1.38. The minimum absolute atomic E-state index is 0. The molecule has 0 aliphatic rings. The molecule has 1 aromatic rings. The summed E-state index contributed by atoms with van der Waals surface area (Å²) in [5, 5.41) is 5.81. The van der Waals surface area contributed by atoms with Crippen LogP contribution in [0.3, 0.4) is 0 Å². The highest BCUT2D eigenvalue weighted by molar-refractivity contribution is 5.92. The molecule has 0 unspecified atom stereocenters. The van der Waals surface area contributed by atoms with Crippen molar-refractivity contribution in [1.82, 2.24) is 10.6 Å². The third kappa shape index (κ3) is 6.96. The number of rotatable bonds is 8. The van der Waals surface area contributed by atoms with E-state index in [4.69, 9.17) is 10.5 Å². The number of halogens is 1. The van der Waals surface area contributed by atoms with Crippen molar-refractivity contribution < 1.29 is 14.3 Å². The lowest BCUT2D eigenvalue weighted by atomic mass is 10.2. The van der Waals surface area contributed by atoms with E-state index in [2.05, 4.69) is 10.6 Å². The third-order valence-electron chi connectivity index (χ3n) is 2.38. The van der Waals surface area contributed by atoms with E-state index in [1.54, 1.807) is 24.3 Å². The molecular formula is C13H20ClN3O3. The number of hydrogen-bond acceptors (Lipinski definition) is 4. The van der Waals surface area contributed by atoms with Gasteiger partial charge in [-0.05, 0) is 30.8 Å².